The molecule has 0 aliphatic rings. The monoisotopic (exact) mass is 399 g/mol. The third-order valence-electron chi connectivity index (χ3n) is 5.66. The van der Waals surface area contributed by atoms with Crippen LogP contribution in [0.2, 0.25) is 0 Å². The second kappa shape index (κ2) is 11.3. The summed E-state index contributed by atoms with van der Waals surface area (Å²) in [6, 6.07) is 23.5. The molecule has 0 bridgehead atoms. The second-order valence-corrected chi connectivity index (χ2v) is 7.92. The van der Waals surface area contributed by atoms with Crippen LogP contribution in [0, 0.1) is 17.1 Å². The molecule has 0 saturated heterocycles. The lowest BCUT2D eigenvalue weighted by Gasteiger charge is -2.11. The Morgan fingerprint density at radius 1 is 0.733 bits per heavy atom. The Labute approximate surface area is 180 Å². The smallest absolute Gasteiger partial charge is 0.141 e. The summed E-state index contributed by atoms with van der Waals surface area (Å²) in [6.45, 7) is 2.25. The second-order valence-electron chi connectivity index (χ2n) is 7.92. The quantitative estimate of drug-likeness (QED) is 0.314. The van der Waals surface area contributed by atoms with Gasteiger partial charge in [0.25, 0.3) is 0 Å². The van der Waals surface area contributed by atoms with E-state index in [4.69, 9.17) is 5.26 Å². The van der Waals surface area contributed by atoms with Crippen LogP contribution < -0.4 is 0 Å². The van der Waals surface area contributed by atoms with Crippen LogP contribution in [0.4, 0.5) is 4.39 Å². The Kier molecular flexibility index (Phi) is 8.21. The van der Waals surface area contributed by atoms with E-state index in [0.717, 1.165) is 28.7 Å². The van der Waals surface area contributed by atoms with Crippen molar-refractivity contribution in [2.45, 2.75) is 58.3 Å². The van der Waals surface area contributed by atoms with Crippen LogP contribution in [-0.4, -0.2) is 0 Å². The van der Waals surface area contributed by atoms with E-state index < -0.39 is 5.82 Å². The first-order chi connectivity index (χ1) is 14.7. The molecule has 1 nitrogen and oxygen atoms in total. The van der Waals surface area contributed by atoms with Gasteiger partial charge in [0.15, 0.2) is 0 Å². The van der Waals surface area contributed by atoms with Crippen LogP contribution >= 0.6 is 0 Å². The van der Waals surface area contributed by atoms with E-state index in [9.17, 15) is 4.39 Å². The highest BCUT2D eigenvalue weighted by Crippen LogP contribution is 2.33. The van der Waals surface area contributed by atoms with Gasteiger partial charge in [-0.25, -0.2) is 4.39 Å². The summed E-state index contributed by atoms with van der Waals surface area (Å²) < 4.78 is 14.1. The van der Waals surface area contributed by atoms with Gasteiger partial charge in [-0.1, -0.05) is 100 Å². The van der Waals surface area contributed by atoms with Gasteiger partial charge in [0.2, 0.25) is 0 Å². The van der Waals surface area contributed by atoms with E-state index in [1.807, 2.05) is 30.3 Å². The molecule has 0 aliphatic heterocycles. The lowest BCUT2D eigenvalue weighted by Crippen LogP contribution is -1.90. The minimum Gasteiger partial charge on any atom is -0.206 e. The Balaban J connectivity index is 1.67. The molecule has 3 rings (SSSR count). The van der Waals surface area contributed by atoms with E-state index in [0.29, 0.717) is 0 Å². The molecular weight excluding hydrogens is 369 g/mol. The molecule has 154 valence electrons. The molecule has 0 N–H and O–H groups in total. The maximum atomic E-state index is 14.1. The van der Waals surface area contributed by atoms with Crippen LogP contribution in [0.15, 0.2) is 66.7 Å². The topological polar surface area (TPSA) is 23.8 Å². The molecule has 2 heteroatoms. The third kappa shape index (κ3) is 5.80. The number of benzene rings is 3. The maximum Gasteiger partial charge on any atom is 0.141 e. The summed E-state index contributed by atoms with van der Waals surface area (Å²) >= 11 is 0. The molecule has 0 unspecified atom stereocenters. The van der Waals surface area contributed by atoms with Crippen molar-refractivity contribution < 1.29 is 4.39 Å². The van der Waals surface area contributed by atoms with Crippen LogP contribution in [0.1, 0.15) is 63.0 Å². The summed E-state index contributed by atoms with van der Waals surface area (Å²) in [6.07, 6.45) is 10.4. The number of rotatable bonds is 10. The molecule has 3 aromatic carbocycles. The van der Waals surface area contributed by atoms with Crippen molar-refractivity contribution in [3.8, 4) is 28.3 Å². The molecule has 0 spiro atoms. The molecule has 0 atom stereocenters. The van der Waals surface area contributed by atoms with Crippen LogP contribution in [0.3, 0.4) is 0 Å². The zero-order valence-electron chi connectivity index (χ0n) is 17.8. The molecular formula is C28H30FN. The lowest BCUT2D eigenvalue weighted by atomic mass is 9.93. The first-order valence-electron chi connectivity index (χ1n) is 11.1. The van der Waals surface area contributed by atoms with Gasteiger partial charge in [0.05, 0.1) is 5.56 Å². The predicted octanol–water partition coefficient (Wildman–Crippen LogP) is 8.32. The van der Waals surface area contributed by atoms with Crippen LogP contribution in [0.25, 0.3) is 22.3 Å². The Morgan fingerprint density at radius 2 is 1.33 bits per heavy atom. The minimum atomic E-state index is -0.477. The van der Waals surface area contributed by atoms with Gasteiger partial charge in [0, 0.05) is 0 Å². The number of unbranched alkanes of at least 4 members (excludes halogenated alkanes) is 6. The van der Waals surface area contributed by atoms with Crippen molar-refractivity contribution in [2.24, 2.45) is 0 Å². The fourth-order valence-electron chi connectivity index (χ4n) is 3.90. The number of aryl methyl sites for hydroxylation is 1. The van der Waals surface area contributed by atoms with E-state index in [2.05, 4.69) is 37.3 Å². The van der Waals surface area contributed by atoms with Crippen molar-refractivity contribution in [3.05, 3.63) is 83.7 Å². The van der Waals surface area contributed by atoms with Gasteiger partial charge in [-0.3, -0.25) is 0 Å². The molecule has 0 aromatic heterocycles. The van der Waals surface area contributed by atoms with Crippen molar-refractivity contribution in [1.29, 1.82) is 5.26 Å². The van der Waals surface area contributed by atoms with Gasteiger partial charge >= 0.3 is 0 Å². The highest BCUT2D eigenvalue weighted by atomic mass is 19.1. The maximum absolute atomic E-state index is 14.1. The number of hydrogen-bond donors (Lipinski definition) is 0. The first kappa shape index (κ1) is 21.8. The van der Waals surface area contributed by atoms with Crippen LogP contribution in [-0.2, 0) is 6.42 Å². The molecule has 0 aliphatic carbocycles. The fraction of sp³-hybridized carbons (Fsp3) is 0.321. The molecule has 0 amide bonds. The summed E-state index contributed by atoms with van der Waals surface area (Å²) in [5.74, 6) is -0.477. The van der Waals surface area contributed by atoms with Gasteiger partial charge in [-0.2, -0.15) is 5.26 Å². The van der Waals surface area contributed by atoms with Gasteiger partial charge < -0.3 is 0 Å². The van der Waals surface area contributed by atoms with Gasteiger partial charge in [0.1, 0.15) is 11.9 Å². The van der Waals surface area contributed by atoms with Crippen molar-refractivity contribution in [3.63, 3.8) is 0 Å². The van der Waals surface area contributed by atoms with Crippen molar-refractivity contribution in [1.82, 2.24) is 0 Å². The van der Waals surface area contributed by atoms with E-state index >= 15 is 0 Å². The Hall–Kier alpha value is -2.92. The Morgan fingerprint density at radius 3 is 1.97 bits per heavy atom. The van der Waals surface area contributed by atoms with Crippen molar-refractivity contribution in [2.75, 3.05) is 0 Å². The van der Waals surface area contributed by atoms with E-state index in [1.165, 1.54) is 56.6 Å². The summed E-state index contributed by atoms with van der Waals surface area (Å²) in [7, 11) is 0. The SMILES string of the molecule is CCCCCCCCCc1ccc(-c2ccccc2-c2ccc(C#N)c(F)c2)cc1. The average molecular weight is 400 g/mol. The van der Waals surface area contributed by atoms with Gasteiger partial charge in [-0.15, -0.1) is 0 Å². The number of hydrogen-bond acceptors (Lipinski definition) is 1. The van der Waals surface area contributed by atoms with Crippen molar-refractivity contribution >= 4 is 0 Å². The standard InChI is InChI=1S/C28H30FN/c1-2-3-4-5-6-7-8-11-22-14-16-23(17-15-22)26-12-9-10-13-27(26)24-18-19-25(21-30)28(29)20-24/h9-10,12-20H,2-8,11H2,1H3. The molecule has 0 fully saturated rings. The Bertz CT molecular complexity index is 982. The van der Waals surface area contributed by atoms with E-state index in [1.54, 1.807) is 6.07 Å². The first-order valence-corrected chi connectivity index (χ1v) is 11.1. The normalized spacial score (nSPS) is 10.7. The molecule has 0 radical (unpaired) electrons. The predicted molar refractivity (Wildman–Crippen MR) is 124 cm³/mol. The zero-order valence-corrected chi connectivity index (χ0v) is 17.8. The zero-order chi connectivity index (χ0) is 21.2. The van der Waals surface area contributed by atoms with E-state index in [-0.39, 0.29) is 5.56 Å². The highest BCUT2D eigenvalue weighted by molar-refractivity contribution is 5.83. The molecule has 30 heavy (non-hydrogen) atoms. The van der Waals surface area contributed by atoms with Gasteiger partial charge in [-0.05, 0) is 52.8 Å². The molecule has 0 heterocycles. The summed E-state index contributed by atoms with van der Waals surface area (Å²) in [4.78, 5) is 0. The highest BCUT2D eigenvalue weighted by Gasteiger charge is 2.10. The summed E-state index contributed by atoms with van der Waals surface area (Å²) in [5, 5.41) is 8.97. The number of nitriles is 1. The largest absolute Gasteiger partial charge is 0.206 e. The van der Waals surface area contributed by atoms with Crippen LogP contribution in [0.5, 0.6) is 0 Å². The molecule has 0 saturated carbocycles. The summed E-state index contributed by atoms with van der Waals surface area (Å²) in [5.41, 5.74) is 5.40. The number of halogens is 1. The third-order valence-corrected chi connectivity index (χ3v) is 5.66. The number of nitrogens with zero attached hydrogens (tertiary/aromatic N) is 1. The fourth-order valence-corrected chi connectivity index (χ4v) is 3.90. The average Bonchev–Trinajstić information content (AvgIpc) is 2.79. The minimum absolute atomic E-state index is 0.0750. The molecule has 3 aromatic rings. The lowest BCUT2D eigenvalue weighted by molar-refractivity contribution is 0.589.